The Kier molecular flexibility index (Phi) is 2.09. The molecule has 4 atom stereocenters. The van der Waals surface area contributed by atoms with Crippen molar-refractivity contribution in [1.29, 1.82) is 0 Å². The zero-order valence-electron chi connectivity index (χ0n) is 10.7. The van der Waals surface area contributed by atoms with Gasteiger partial charge in [0, 0.05) is 6.42 Å². The van der Waals surface area contributed by atoms with E-state index < -0.39 is 22.9 Å². The Hall–Kier alpha value is -1.26. The van der Waals surface area contributed by atoms with Gasteiger partial charge in [-0.15, -0.1) is 0 Å². The van der Waals surface area contributed by atoms with Gasteiger partial charge in [0.1, 0.15) is 22.9 Å². The third-order valence-electron chi connectivity index (χ3n) is 4.26. The van der Waals surface area contributed by atoms with Crippen molar-refractivity contribution in [1.82, 2.24) is 0 Å². The van der Waals surface area contributed by atoms with Crippen molar-refractivity contribution in [3.63, 3.8) is 0 Å². The Bertz CT molecular complexity index is 506. The summed E-state index contributed by atoms with van der Waals surface area (Å²) in [5.74, 6) is -0.0930. The lowest BCUT2D eigenvalue weighted by molar-refractivity contribution is -0.162. The lowest BCUT2D eigenvalue weighted by Crippen LogP contribution is -2.52. The van der Waals surface area contributed by atoms with Gasteiger partial charge in [0.05, 0.1) is 0 Å². The average Bonchev–Trinajstić information content (AvgIpc) is 2.47. The molecular weight excluding hydrogens is 232 g/mol. The van der Waals surface area contributed by atoms with Crippen LogP contribution in [0.2, 0.25) is 0 Å². The standard InChI is InChI=1S/C14H16O4/c1-9-10(15)4-7-14(17-9)8-12(2)11(16)5-6-13(14,3)18-12/h4-7,9H,8H2,1-3H3/t9?,12-,13-,14?/m0/s1. The van der Waals surface area contributed by atoms with Gasteiger partial charge in [0.2, 0.25) is 0 Å². The number of fused-ring (bicyclic) bond motifs is 3. The maximum atomic E-state index is 11.9. The van der Waals surface area contributed by atoms with Gasteiger partial charge in [0.15, 0.2) is 11.6 Å². The van der Waals surface area contributed by atoms with E-state index in [1.807, 2.05) is 6.92 Å². The predicted octanol–water partition coefficient (Wildman–Crippen LogP) is 1.35. The molecule has 2 unspecified atom stereocenters. The van der Waals surface area contributed by atoms with Crippen molar-refractivity contribution in [2.24, 2.45) is 0 Å². The van der Waals surface area contributed by atoms with Crippen molar-refractivity contribution in [3.8, 4) is 0 Å². The smallest absolute Gasteiger partial charge is 0.187 e. The molecular formula is C14H16O4. The first-order valence-electron chi connectivity index (χ1n) is 6.15. The van der Waals surface area contributed by atoms with E-state index in [1.165, 1.54) is 0 Å². The van der Waals surface area contributed by atoms with E-state index in [2.05, 4.69) is 0 Å². The summed E-state index contributed by atoms with van der Waals surface area (Å²) in [6.07, 6.45) is 6.56. The van der Waals surface area contributed by atoms with Gasteiger partial charge in [-0.2, -0.15) is 0 Å². The van der Waals surface area contributed by atoms with E-state index in [0.29, 0.717) is 6.42 Å². The molecule has 3 rings (SSSR count). The Morgan fingerprint density at radius 2 is 1.94 bits per heavy atom. The van der Waals surface area contributed by atoms with Crippen LogP contribution in [0.4, 0.5) is 0 Å². The normalized spacial score (nSPS) is 50.3. The van der Waals surface area contributed by atoms with Crippen LogP contribution in [0.25, 0.3) is 0 Å². The second-order valence-corrected chi connectivity index (χ2v) is 5.70. The summed E-state index contributed by atoms with van der Waals surface area (Å²) in [4.78, 5) is 23.5. The van der Waals surface area contributed by atoms with Crippen molar-refractivity contribution in [2.45, 2.75) is 50.1 Å². The number of carbonyl (C=O) groups is 2. The minimum Gasteiger partial charge on any atom is -0.356 e. The Morgan fingerprint density at radius 1 is 1.22 bits per heavy atom. The third-order valence-corrected chi connectivity index (χ3v) is 4.26. The van der Waals surface area contributed by atoms with Gasteiger partial charge in [0.25, 0.3) is 0 Å². The van der Waals surface area contributed by atoms with E-state index in [0.717, 1.165) is 0 Å². The topological polar surface area (TPSA) is 52.6 Å². The van der Waals surface area contributed by atoms with Crippen molar-refractivity contribution in [3.05, 3.63) is 24.3 Å². The average molecular weight is 248 g/mol. The number of ether oxygens (including phenoxy) is 2. The van der Waals surface area contributed by atoms with Crippen LogP contribution in [0.3, 0.4) is 0 Å². The molecule has 4 heteroatoms. The number of rotatable bonds is 0. The van der Waals surface area contributed by atoms with Crippen LogP contribution in [0.5, 0.6) is 0 Å². The molecule has 96 valence electrons. The largest absolute Gasteiger partial charge is 0.356 e. The van der Waals surface area contributed by atoms with Crippen LogP contribution in [0.15, 0.2) is 24.3 Å². The van der Waals surface area contributed by atoms with Crippen LogP contribution in [0.1, 0.15) is 27.2 Å². The molecule has 1 spiro atoms. The highest BCUT2D eigenvalue weighted by molar-refractivity contribution is 5.99. The van der Waals surface area contributed by atoms with Gasteiger partial charge in [-0.3, -0.25) is 9.59 Å². The molecule has 18 heavy (non-hydrogen) atoms. The Morgan fingerprint density at radius 3 is 2.56 bits per heavy atom. The van der Waals surface area contributed by atoms with Gasteiger partial charge in [-0.25, -0.2) is 0 Å². The molecule has 3 heterocycles. The van der Waals surface area contributed by atoms with Crippen LogP contribution in [-0.4, -0.2) is 34.5 Å². The molecule has 1 fully saturated rings. The molecule has 0 aromatic rings. The lowest BCUT2D eigenvalue weighted by atomic mass is 9.80. The van der Waals surface area contributed by atoms with Gasteiger partial charge in [-0.05, 0) is 45.1 Å². The van der Waals surface area contributed by atoms with Gasteiger partial charge in [-0.1, -0.05) is 0 Å². The molecule has 0 amide bonds. The van der Waals surface area contributed by atoms with Crippen LogP contribution < -0.4 is 0 Å². The molecule has 3 aliphatic heterocycles. The van der Waals surface area contributed by atoms with Gasteiger partial charge >= 0.3 is 0 Å². The van der Waals surface area contributed by atoms with E-state index >= 15 is 0 Å². The summed E-state index contributed by atoms with van der Waals surface area (Å²) in [6, 6.07) is 0. The molecule has 0 radical (unpaired) electrons. The van der Waals surface area contributed by atoms with Crippen LogP contribution in [0, 0.1) is 0 Å². The fourth-order valence-corrected chi connectivity index (χ4v) is 3.14. The maximum absolute atomic E-state index is 11.9. The molecule has 0 aromatic heterocycles. The first kappa shape index (κ1) is 11.8. The monoisotopic (exact) mass is 248 g/mol. The van der Waals surface area contributed by atoms with E-state index in [9.17, 15) is 9.59 Å². The van der Waals surface area contributed by atoms with Crippen LogP contribution >= 0.6 is 0 Å². The van der Waals surface area contributed by atoms with Crippen molar-refractivity contribution in [2.75, 3.05) is 0 Å². The minimum absolute atomic E-state index is 0.0431. The molecule has 2 bridgehead atoms. The van der Waals surface area contributed by atoms with Crippen LogP contribution in [-0.2, 0) is 19.1 Å². The van der Waals surface area contributed by atoms with E-state index in [-0.39, 0.29) is 11.6 Å². The summed E-state index contributed by atoms with van der Waals surface area (Å²) < 4.78 is 11.9. The number of hydrogen-bond acceptors (Lipinski definition) is 4. The zero-order chi connectivity index (χ0) is 13.2. The summed E-state index contributed by atoms with van der Waals surface area (Å²) >= 11 is 0. The highest BCUT2D eigenvalue weighted by Gasteiger charge is 2.65. The third kappa shape index (κ3) is 1.27. The molecule has 0 saturated carbocycles. The summed E-state index contributed by atoms with van der Waals surface area (Å²) in [5.41, 5.74) is -2.27. The summed E-state index contributed by atoms with van der Waals surface area (Å²) in [6.45, 7) is 5.41. The van der Waals surface area contributed by atoms with E-state index in [1.54, 1.807) is 38.2 Å². The number of hydrogen-bond donors (Lipinski definition) is 0. The summed E-state index contributed by atoms with van der Waals surface area (Å²) in [5, 5.41) is 0. The second kappa shape index (κ2) is 3.19. The van der Waals surface area contributed by atoms with Gasteiger partial charge < -0.3 is 9.47 Å². The van der Waals surface area contributed by atoms with Crippen molar-refractivity contribution < 1.29 is 19.1 Å². The van der Waals surface area contributed by atoms with E-state index in [4.69, 9.17) is 9.47 Å². The Balaban J connectivity index is 2.11. The SMILES string of the molecule is CC1OC2(C=CC1=O)C[C@]1(C)O[C@@]2(C)C=CC1=O. The molecule has 0 N–H and O–H groups in total. The quantitative estimate of drug-likeness (QED) is 0.649. The number of ketones is 2. The lowest BCUT2D eigenvalue weighted by Gasteiger charge is -2.41. The highest BCUT2D eigenvalue weighted by Crippen LogP contribution is 2.53. The first-order chi connectivity index (χ1) is 8.30. The predicted molar refractivity (Wildman–Crippen MR) is 64.1 cm³/mol. The first-order valence-corrected chi connectivity index (χ1v) is 6.15. The maximum Gasteiger partial charge on any atom is 0.187 e. The molecule has 0 aliphatic carbocycles. The number of carbonyl (C=O) groups excluding carboxylic acids is 2. The fraction of sp³-hybridized carbons (Fsp3) is 0.571. The highest BCUT2D eigenvalue weighted by atomic mass is 16.6. The molecule has 3 aliphatic rings. The molecule has 4 nitrogen and oxygen atoms in total. The molecule has 1 saturated heterocycles. The summed E-state index contributed by atoms with van der Waals surface area (Å²) in [7, 11) is 0. The molecule has 0 aromatic carbocycles. The zero-order valence-corrected chi connectivity index (χ0v) is 10.7. The second-order valence-electron chi connectivity index (χ2n) is 5.70. The fourth-order valence-electron chi connectivity index (χ4n) is 3.14. The Labute approximate surface area is 106 Å². The van der Waals surface area contributed by atoms with Crippen molar-refractivity contribution >= 4 is 11.6 Å². The minimum atomic E-state index is -0.853.